The monoisotopic (exact) mass is 223 g/mol. The number of nitrogens with two attached hydrogens (primary N) is 1. The molecule has 0 bridgehead atoms. The molecule has 0 aliphatic carbocycles. The molecule has 0 radical (unpaired) electrons. The summed E-state index contributed by atoms with van der Waals surface area (Å²) in [5, 5.41) is 0. The van der Waals surface area contributed by atoms with Gasteiger partial charge in [-0.2, -0.15) is 0 Å². The molecule has 0 saturated carbocycles. The van der Waals surface area contributed by atoms with Gasteiger partial charge in [-0.3, -0.25) is 0 Å². The van der Waals surface area contributed by atoms with Crippen LogP contribution in [-0.4, -0.2) is 31.3 Å². The van der Waals surface area contributed by atoms with Gasteiger partial charge < -0.3 is 15.4 Å². The van der Waals surface area contributed by atoms with Gasteiger partial charge in [-0.05, 0) is 26.3 Å². The van der Waals surface area contributed by atoms with Crippen molar-refractivity contribution in [3.63, 3.8) is 0 Å². The van der Waals surface area contributed by atoms with Crippen LogP contribution < -0.4 is 10.6 Å². The zero-order valence-electron chi connectivity index (χ0n) is 10.5. The molecule has 0 aliphatic heterocycles. The number of aryl methyl sites for hydroxylation is 1. The lowest BCUT2D eigenvalue weighted by Crippen LogP contribution is -2.34. The molecule has 0 aliphatic rings. The van der Waals surface area contributed by atoms with Crippen molar-refractivity contribution >= 4 is 11.5 Å². The number of methoxy groups -OCH3 is 1. The number of hydrogen-bond acceptors (Lipinski definition) is 4. The van der Waals surface area contributed by atoms with Gasteiger partial charge in [0.1, 0.15) is 5.82 Å². The summed E-state index contributed by atoms with van der Waals surface area (Å²) in [6.07, 6.45) is 1.81. The number of nitrogens with zero attached hydrogens (tertiary/aromatic N) is 2. The molecule has 0 spiro atoms. The fraction of sp³-hybridized carbons (Fsp3) is 0.583. The van der Waals surface area contributed by atoms with Crippen molar-refractivity contribution in [2.75, 3.05) is 30.9 Å². The van der Waals surface area contributed by atoms with E-state index in [1.54, 1.807) is 7.11 Å². The van der Waals surface area contributed by atoms with E-state index in [9.17, 15) is 0 Å². The highest BCUT2D eigenvalue weighted by molar-refractivity contribution is 5.55. The van der Waals surface area contributed by atoms with Gasteiger partial charge >= 0.3 is 0 Å². The third-order valence-corrected chi connectivity index (χ3v) is 2.58. The van der Waals surface area contributed by atoms with Gasteiger partial charge in [0.2, 0.25) is 0 Å². The van der Waals surface area contributed by atoms with Gasteiger partial charge in [0.05, 0.1) is 6.61 Å². The fourth-order valence-corrected chi connectivity index (χ4v) is 1.51. The molecule has 1 heterocycles. The van der Waals surface area contributed by atoms with Gasteiger partial charge in [-0.15, -0.1) is 0 Å². The number of nitrogen functional groups attached to an aromatic ring is 1. The summed E-state index contributed by atoms with van der Waals surface area (Å²) in [4.78, 5) is 6.58. The van der Waals surface area contributed by atoms with Gasteiger partial charge in [-0.25, -0.2) is 4.98 Å². The molecular weight excluding hydrogens is 202 g/mol. The molecule has 0 aromatic carbocycles. The van der Waals surface area contributed by atoms with Gasteiger partial charge in [-0.1, -0.05) is 0 Å². The van der Waals surface area contributed by atoms with Crippen molar-refractivity contribution in [1.29, 1.82) is 0 Å². The molecule has 0 saturated heterocycles. The van der Waals surface area contributed by atoms with Gasteiger partial charge in [0.25, 0.3) is 0 Å². The second kappa shape index (κ2) is 5.70. The van der Waals surface area contributed by atoms with Crippen LogP contribution in [0.1, 0.15) is 19.4 Å². The summed E-state index contributed by atoms with van der Waals surface area (Å²) in [6.45, 7) is 7.74. The largest absolute Gasteiger partial charge is 0.398 e. The highest BCUT2D eigenvalue weighted by Crippen LogP contribution is 2.19. The summed E-state index contributed by atoms with van der Waals surface area (Å²) in [5.41, 5.74) is 7.69. The summed E-state index contributed by atoms with van der Waals surface area (Å²) >= 11 is 0. The van der Waals surface area contributed by atoms with Crippen molar-refractivity contribution in [3.05, 3.63) is 17.8 Å². The molecule has 0 amide bonds. The highest BCUT2D eigenvalue weighted by Gasteiger charge is 2.12. The van der Waals surface area contributed by atoms with Crippen LogP contribution in [0.5, 0.6) is 0 Å². The lowest BCUT2D eigenvalue weighted by atomic mass is 10.2. The van der Waals surface area contributed by atoms with Gasteiger partial charge in [0, 0.05) is 37.6 Å². The molecule has 0 atom stereocenters. The first-order chi connectivity index (χ1) is 7.56. The van der Waals surface area contributed by atoms with Crippen molar-refractivity contribution < 1.29 is 4.74 Å². The quantitative estimate of drug-likeness (QED) is 0.827. The third kappa shape index (κ3) is 3.10. The predicted molar refractivity (Wildman–Crippen MR) is 67.7 cm³/mol. The number of ether oxygens (including phenoxy) is 1. The molecule has 1 rings (SSSR count). The SMILES string of the molecule is COCCN(c1cc(N)c(C)cn1)C(C)C. The number of rotatable bonds is 5. The molecule has 1 aromatic heterocycles. The summed E-state index contributed by atoms with van der Waals surface area (Å²) in [7, 11) is 1.70. The Labute approximate surface area is 97.4 Å². The standard InChI is InChI=1S/C12H21N3O/c1-9(2)15(5-6-16-4)12-7-11(13)10(3)8-14-12/h7-9H,5-6H2,1-4H3,(H2,13,14). The van der Waals surface area contributed by atoms with Crippen LogP contribution in [0, 0.1) is 6.92 Å². The van der Waals surface area contributed by atoms with E-state index in [4.69, 9.17) is 10.5 Å². The van der Waals surface area contributed by atoms with E-state index < -0.39 is 0 Å². The van der Waals surface area contributed by atoms with E-state index in [1.807, 2.05) is 19.2 Å². The summed E-state index contributed by atoms with van der Waals surface area (Å²) < 4.78 is 5.10. The van der Waals surface area contributed by atoms with E-state index in [0.29, 0.717) is 12.6 Å². The molecule has 4 heteroatoms. The fourth-order valence-electron chi connectivity index (χ4n) is 1.51. The van der Waals surface area contributed by atoms with Crippen LogP contribution in [0.4, 0.5) is 11.5 Å². The predicted octanol–water partition coefficient (Wildman–Crippen LogP) is 1.83. The Bertz CT molecular complexity index is 339. The Balaban J connectivity index is 2.88. The summed E-state index contributed by atoms with van der Waals surface area (Å²) in [5.74, 6) is 0.912. The highest BCUT2D eigenvalue weighted by atomic mass is 16.5. The molecule has 0 fully saturated rings. The minimum atomic E-state index is 0.379. The third-order valence-electron chi connectivity index (χ3n) is 2.58. The normalized spacial score (nSPS) is 10.8. The zero-order chi connectivity index (χ0) is 12.1. The van der Waals surface area contributed by atoms with Crippen LogP contribution >= 0.6 is 0 Å². The smallest absolute Gasteiger partial charge is 0.130 e. The zero-order valence-corrected chi connectivity index (χ0v) is 10.5. The second-order valence-electron chi connectivity index (χ2n) is 4.18. The van der Waals surface area contributed by atoms with Crippen molar-refractivity contribution in [2.24, 2.45) is 0 Å². The molecule has 1 aromatic rings. The topological polar surface area (TPSA) is 51.4 Å². The molecule has 4 nitrogen and oxygen atoms in total. The Hall–Kier alpha value is -1.29. The maximum atomic E-state index is 5.89. The van der Waals surface area contributed by atoms with Crippen LogP contribution in [0.15, 0.2) is 12.3 Å². The minimum Gasteiger partial charge on any atom is -0.398 e. The average molecular weight is 223 g/mol. The van der Waals surface area contributed by atoms with E-state index in [1.165, 1.54) is 0 Å². The molecule has 90 valence electrons. The van der Waals surface area contributed by atoms with Crippen molar-refractivity contribution in [1.82, 2.24) is 4.98 Å². The first kappa shape index (κ1) is 12.8. The Morgan fingerprint density at radius 3 is 2.69 bits per heavy atom. The van der Waals surface area contributed by atoms with E-state index in [2.05, 4.69) is 23.7 Å². The number of anilines is 2. The van der Waals surface area contributed by atoms with Crippen LogP contribution in [-0.2, 0) is 4.74 Å². The first-order valence-electron chi connectivity index (χ1n) is 5.54. The van der Waals surface area contributed by atoms with E-state index >= 15 is 0 Å². The van der Waals surface area contributed by atoms with Crippen LogP contribution in [0.2, 0.25) is 0 Å². The van der Waals surface area contributed by atoms with Crippen LogP contribution in [0.25, 0.3) is 0 Å². The van der Waals surface area contributed by atoms with Crippen LogP contribution in [0.3, 0.4) is 0 Å². The minimum absolute atomic E-state index is 0.379. The van der Waals surface area contributed by atoms with Gasteiger partial charge in [0.15, 0.2) is 0 Å². The number of aromatic nitrogens is 1. The molecular formula is C12H21N3O. The maximum Gasteiger partial charge on any atom is 0.130 e. The lowest BCUT2D eigenvalue weighted by Gasteiger charge is -2.27. The molecule has 16 heavy (non-hydrogen) atoms. The molecule has 0 unspecified atom stereocenters. The Morgan fingerprint density at radius 2 is 2.19 bits per heavy atom. The van der Waals surface area contributed by atoms with Crippen molar-refractivity contribution in [2.45, 2.75) is 26.8 Å². The maximum absolute atomic E-state index is 5.89. The average Bonchev–Trinajstić information content (AvgIpc) is 2.23. The Kier molecular flexibility index (Phi) is 4.55. The Morgan fingerprint density at radius 1 is 1.50 bits per heavy atom. The van der Waals surface area contributed by atoms with E-state index in [0.717, 1.165) is 23.6 Å². The molecule has 2 N–H and O–H groups in total. The second-order valence-corrected chi connectivity index (χ2v) is 4.18. The van der Waals surface area contributed by atoms with Crippen molar-refractivity contribution in [3.8, 4) is 0 Å². The summed E-state index contributed by atoms with van der Waals surface area (Å²) in [6, 6.07) is 2.30. The van der Waals surface area contributed by atoms with E-state index in [-0.39, 0.29) is 0 Å². The first-order valence-corrected chi connectivity index (χ1v) is 5.54. The number of hydrogen-bond donors (Lipinski definition) is 1. The number of pyridine rings is 1. The lowest BCUT2D eigenvalue weighted by molar-refractivity contribution is 0.203.